The lowest BCUT2D eigenvalue weighted by Gasteiger charge is -2.17. The third kappa shape index (κ3) is 7.23. The number of carboxylic acids is 1. The van der Waals surface area contributed by atoms with Crippen molar-refractivity contribution in [1.29, 1.82) is 0 Å². The summed E-state index contributed by atoms with van der Waals surface area (Å²) in [7, 11) is 0. The summed E-state index contributed by atoms with van der Waals surface area (Å²) in [5.74, 6) is -0.644. The lowest BCUT2D eigenvalue weighted by atomic mass is 10.0. The maximum atomic E-state index is 11.7. The lowest BCUT2D eigenvalue weighted by molar-refractivity contribution is -0.142. The zero-order valence-electron chi connectivity index (χ0n) is 10.4. The van der Waals surface area contributed by atoms with Crippen LogP contribution in [0.25, 0.3) is 0 Å². The molecule has 0 spiro atoms. The summed E-state index contributed by atoms with van der Waals surface area (Å²) in [5.41, 5.74) is 5.36. The van der Waals surface area contributed by atoms with Gasteiger partial charge in [0.25, 0.3) is 0 Å². The van der Waals surface area contributed by atoms with Gasteiger partial charge in [-0.25, -0.2) is 4.79 Å². The van der Waals surface area contributed by atoms with Crippen molar-refractivity contribution in [3.05, 3.63) is 0 Å². The molecule has 0 bridgehead atoms. The molecule has 4 N–H and O–H groups in total. The largest absolute Gasteiger partial charge is 0.480 e. The summed E-state index contributed by atoms with van der Waals surface area (Å²) >= 11 is 1.57. The van der Waals surface area contributed by atoms with Crippen molar-refractivity contribution in [3.63, 3.8) is 0 Å². The third-order valence-electron chi connectivity index (χ3n) is 2.51. The van der Waals surface area contributed by atoms with Gasteiger partial charge in [0.05, 0.1) is 0 Å². The van der Waals surface area contributed by atoms with Crippen LogP contribution in [0.2, 0.25) is 0 Å². The summed E-state index contributed by atoms with van der Waals surface area (Å²) in [6, 6.07) is -0.782. The molecule has 0 aromatic carbocycles. The van der Waals surface area contributed by atoms with Gasteiger partial charge in [-0.1, -0.05) is 6.92 Å². The number of carbonyl (C=O) groups is 2. The Kier molecular flexibility index (Phi) is 8.89. The molecule has 0 rings (SSSR count). The molecule has 2 unspecified atom stereocenters. The van der Waals surface area contributed by atoms with Gasteiger partial charge in [-0.15, -0.1) is 0 Å². The lowest BCUT2D eigenvalue weighted by Crippen LogP contribution is -2.43. The number of hydrogen-bond acceptors (Lipinski definition) is 4. The first kappa shape index (κ1) is 16.2. The van der Waals surface area contributed by atoms with Gasteiger partial charge in [-0.3, -0.25) is 4.79 Å². The molecule has 2 atom stereocenters. The fourth-order valence-electron chi connectivity index (χ4n) is 1.36. The fourth-order valence-corrected chi connectivity index (χ4v) is 1.83. The summed E-state index contributed by atoms with van der Waals surface area (Å²) in [6.07, 6.45) is 3.82. The van der Waals surface area contributed by atoms with Gasteiger partial charge >= 0.3 is 5.97 Å². The van der Waals surface area contributed by atoms with Crippen LogP contribution in [0.1, 0.15) is 26.2 Å². The molecule has 0 fully saturated rings. The second-order valence-electron chi connectivity index (χ2n) is 4.01. The first-order chi connectivity index (χ1) is 8.02. The van der Waals surface area contributed by atoms with Crippen LogP contribution in [0.15, 0.2) is 0 Å². The van der Waals surface area contributed by atoms with Crippen LogP contribution in [0, 0.1) is 5.92 Å². The quantitative estimate of drug-likeness (QED) is 0.568. The van der Waals surface area contributed by atoms with Crippen LogP contribution in [0.4, 0.5) is 0 Å². The predicted octanol–water partition coefficient (Wildman–Crippen LogP) is 0.684. The highest BCUT2D eigenvalue weighted by atomic mass is 32.2. The minimum atomic E-state index is -0.974. The van der Waals surface area contributed by atoms with E-state index >= 15 is 0 Å². The Balaban J connectivity index is 4.15. The number of nitrogens with two attached hydrogens (primary N) is 1. The molecule has 100 valence electrons. The topological polar surface area (TPSA) is 92.4 Å². The highest BCUT2D eigenvalue weighted by molar-refractivity contribution is 7.98. The average molecular weight is 262 g/mol. The fraction of sp³-hybridized carbons (Fsp3) is 0.818. The monoisotopic (exact) mass is 262 g/mol. The number of hydrogen-bond donors (Lipinski definition) is 3. The summed E-state index contributed by atoms with van der Waals surface area (Å²) in [6.45, 7) is 2.34. The Morgan fingerprint density at radius 3 is 2.53 bits per heavy atom. The molecule has 0 saturated heterocycles. The smallest absolute Gasteiger partial charge is 0.326 e. The van der Waals surface area contributed by atoms with Crippen LogP contribution < -0.4 is 11.1 Å². The van der Waals surface area contributed by atoms with Crippen molar-refractivity contribution < 1.29 is 14.7 Å². The summed E-state index contributed by atoms with van der Waals surface area (Å²) in [5, 5.41) is 11.5. The summed E-state index contributed by atoms with van der Waals surface area (Å²) in [4.78, 5) is 22.6. The number of rotatable bonds is 9. The van der Waals surface area contributed by atoms with E-state index in [0.29, 0.717) is 25.1 Å². The molecule has 0 radical (unpaired) electrons. The van der Waals surface area contributed by atoms with Crippen molar-refractivity contribution in [2.24, 2.45) is 11.7 Å². The van der Waals surface area contributed by atoms with Crippen LogP contribution >= 0.6 is 11.8 Å². The van der Waals surface area contributed by atoms with Gasteiger partial charge in [0.2, 0.25) is 5.91 Å². The van der Waals surface area contributed by atoms with Crippen molar-refractivity contribution in [2.75, 3.05) is 18.6 Å². The Morgan fingerprint density at radius 1 is 1.41 bits per heavy atom. The average Bonchev–Trinajstić information content (AvgIpc) is 2.30. The van der Waals surface area contributed by atoms with Crippen molar-refractivity contribution in [1.82, 2.24) is 5.32 Å². The van der Waals surface area contributed by atoms with Crippen LogP contribution in [-0.2, 0) is 9.59 Å². The predicted molar refractivity (Wildman–Crippen MR) is 70.0 cm³/mol. The number of nitrogens with one attached hydrogen (secondary N) is 1. The number of aliphatic carboxylic acids is 1. The van der Waals surface area contributed by atoms with Gasteiger partial charge in [-0.2, -0.15) is 11.8 Å². The molecule has 0 heterocycles. The van der Waals surface area contributed by atoms with Crippen molar-refractivity contribution in [2.45, 2.75) is 32.2 Å². The Labute approximate surface area is 107 Å². The van der Waals surface area contributed by atoms with Crippen LogP contribution in [-0.4, -0.2) is 41.6 Å². The van der Waals surface area contributed by atoms with E-state index in [0.717, 1.165) is 6.42 Å². The standard InChI is InChI=1S/C11H22N2O3S/c1-8(4-3-6-12)10(14)13-9(11(15)16)5-7-17-2/h8-9H,3-7,12H2,1-2H3,(H,13,14)(H,15,16). The van der Waals surface area contributed by atoms with Gasteiger partial charge in [0, 0.05) is 5.92 Å². The van der Waals surface area contributed by atoms with E-state index in [1.807, 2.05) is 6.26 Å². The maximum Gasteiger partial charge on any atom is 0.326 e. The van der Waals surface area contributed by atoms with Gasteiger partial charge in [0.15, 0.2) is 0 Å². The molecule has 0 aliphatic rings. The van der Waals surface area contributed by atoms with Crippen LogP contribution in [0.3, 0.4) is 0 Å². The van der Waals surface area contributed by atoms with E-state index in [1.165, 1.54) is 0 Å². The maximum absolute atomic E-state index is 11.7. The van der Waals surface area contributed by atoms with Gasteiger partial charge in [0.1, 0.15) is 6.04 Å². The first-order valence-electron chi connectivity index (χ1n) is 5.75. The zero-order chi connectivity index (χ0) is 13.3. The zero-order valence-corrected chi connectivity index (χ0v) is 11.3. The second kappa shape index (κ2) is 9.30. The first-order valence-corrected chi connectivity index (χ1v) is 7.14. The molecular weight excluding hydrogens is 240 g/mol. The van der Waals surface area contributed by atoms with E-state index in [-0.39, 0.29) is 11.8 Å². The van der Waals surface area contributed by atoms with Crippen molar-refractivity contribution >= 4 is 23.6 Å². The van der Waals surface area contributed by atoms with E-state index in [4.69, 9.17) is 10.8 Å². The normalized spacial score (nSPS) is 14.1. The van der Waals surface area contributed by atoms with E-state index in [2.05, 4.69) is 5.32 Å². The second-order valence-corrected chi connectivity index (χ2v) is 5.00. The van der Waals surface area contributed by atoms with E-state index in [9.17, 15) is 9.59 Å². The number of thioether (sulfide) groups is 1. The molecule has 0 saturated carbocycles. The van der Waals surface area contributed by atoms with Crippen molar-refractivity contribution in [3.8, 4) is 0 Å². The minimum absolute atomic E-state index is 0.185. The summed E-state index contributed by atoms with van der Waals surface area (Å²) < 4.78 is 0. The number of amides is 1. The van der Waals surface area contributed by atoms with Gasteiger partial charge < -0.3 is 16.2 Å². The Morgan fingerprint density at radius 2 is 2.06 bits per heavy atom. The molecule has 1 amide bonds. The highest BCUT2D eigenvalue weighted by Gasteiger charge is 2.22. The molecular formula is C11H22N2O3S. The Hall–Kier alpha value is -0.750. The molecule has 0 aliphatic heterocycles. The minimum Gasteiger partial charge on any atom is -0.480 e. The number of carbonyl (C=O) groups excluding carboxylic acids is 1. The molecule has 5 nitrogen and oxygen atoms in total. The molecule has 17 heavy (non-hydrogen) atoms. The van der Waals surface area contributed by atoms with Crippen LogP contribution in [0.5, 0.6) is 0 Å². The Bertz CT molecular complexity index is 249. The molecule has 0 aliphatic carbocycles. The van der Waals surface area contributed by atoms with Gasteiger partial charge in [-0.05, 0) is 37.8 Å². The molecule has 0 aromatic rings. The highest BCUT2D eigenvalue weighted by Crippen LogP contribution is 2.07. The SMILES string of the molecule is CSCCC(NC(=O)C(C)CCCN)C(=O)O. The van der Waals surface area contributed by atoms with E-state index < -0.39 is 12.0 Å². The molecule has 0 aromatic heterocycles. The third-order valence-corrected chi connectivity index (χ3v) is 3.16. The number of carboxylic acid groups (broad SMARTS) is 1. The van der Waals surface area contributed by atoms with E-state index in [1.54, 1.807) is 18.7 Å². The molecule has 6 heteroatoms.